The van der Waals surface area contributed by atoms with Crippen molar-refractivity contribution in [1.29, 1.82) is 0 Å². The Morgan fingerprint density at radius 3 is 2.52 bits per heavy atom. The van der Waals surface area contributed by atoms with Gasteiger partial charge in [-0.3, -0.25) is 0 Å². The molecule has 1 heterocycles. The first-order valence-electron chi connectivity index (χ1n) is 8.08. The lowest BCUT2D eigenvalue weighted by molar-refractivity contribution is 0.335. The Morgan fingerprint density at radius 2 is 1.91 bits per heavy atom. The van der Waals surface area contributed by atoms with Crippen LogP contribution in [-0.2, 0) is 0 Å². The molecule has 0 bridgehead atoms. The molecule has 0 fully saturated rings. The molecule has 120 valence electrons. The molecule has 23 heavy (non-hydrogen) atoms. The van der Waals surface area contributed by atoms with Gasteiger partial charge in [0.25, 0.3) is 0 Å². The Bertz CT molecular complexity index is 730. The molecule has 1 aromatic carbocycles. The van der Waals surface area contributed by atoms with Crippen molar-refractivity contribution in [3.63, 3.8) is 0 Å². The van der Waals surface area contributed by atoms with Gasteiger partial charge in [0.2, 0.25) is 5.88 Å². The zero-order valence-electron chi connectivity index (χ0n) is 14.1. The normalized spacial score (nSPS) is 16.7. The molecule has 1 aliphatic rings. The van der Waals surface area contributed by atoms with Gasteiger partial charge >= 0.3 is 0 Å². The minimum atomic E-state index is 0.399. The second kappa shape index (κ2) is 6.07. The largest absolute Gasteiger partial charge is 0.481 e. The van der Waals surface area contributed by atoms with E-state index < -0.39 is 0 Å². The van der Waals surface area contributed by atoms with Crippen LogP contribution < -0.4 is 10.5 Å². The Hall–Kier alpha value is -2.29. The number of benzene rings is 1. The summed E-state index contributed by atoms with van der Waals surface area (Å²) in [5, 5.41) is 0. The molecule has 0 aliphatic heterocycles. The maximum absolute atomic E-state index is 6.24. The number of anilines is 1. The van der Waals surface area contributed by atoms with Gasteiger partial charge in [-0.05, 0) is 54.0 Å². The third kappa shape index (κ3) is 3.39. The molecule has 1 aliphatic carbocycles. The molecule has 0 spiro atoms. The van der Waals surface area contributed by atoms with E-state index in [2.05, 4.69) is 37.0 Å². The highest BCUT2D eigenvalue weighted by Crippen LogP contribution is 2.40. The summed E-state index contributed by atoms with van der Waals surface area (Å²) in [4.78, 5) is 4.29. The van der Waals surface area contributed by atoms with Gasteiger partial charge in [-0.2, -0.15) is 0 Å². The van der Waals surface area contributed by atoms with Gasteiger partial charge in [0.1, 0.15) is 0 Å². The summed E-state index contributed by atoms with van der Waals surface area (Å²) in [7, 11) is 1.63. The number of nitrogens with two attached hydrogens (primary N) is 1. The van der Waals surface area contributed by atoms with E-state index in [-0.39, 0.29) is 0 Å². The van der Waals surface area contributed by atoms with Gasteiger partial charge in [-0.1, -0.05) is 26.0 Å². The predicted molar refractivity (Wildman–Crippen MR) is 96.2 cm³/mol. The van der Waals surface area contributed by atoms with Crippen molar-refractivity contribution in [2.24, 2.45) is 5.41 Å². The zero-order chi connectivity index (χ0) is 16.4. The second-order valence-electron chi connectivity index (χ2n) is 6.99. The van der Waals surface area contributed by atoms with Crippen LogP contribution in [0.2, 0.25) is 0 Å². The van der Waals surface area contributed by atoms with Crippen molar-refractivity contribution >= 4 is 11.3 Å². The van der Waals surface area contributed by atoms with Crippen LogP contribution >= 0.6 is 0 Å². The van der Waals surface area contributed by atoms with E-state index in [0.29, 0.717) is 11.3 Å². The summed E-state index contributed by atoms with van der Waals surface area (Å²) in [6.45, 7) is 4.65. The molecular formula is C20H24N2O. The first-order chi connectivity index (χ1) is 11.0. The molecule has 3 heteroatoms. The van der Waals surface area contributed by atoms with Crippen LogP contribution in [0.1, 0.15) is 38.7 Å². The van der Waals surface area contributed by atoms with Gasteiger partial charge in [0, 0.05) is 29.1 Å². The first kappa shape index (κ1) is 15.6. The van der Waals surface area contributed by atoms with Crippen molar-refractivity contribution in [2.75, 3.05) is 12.8 Å². The van der Waals surface area contributed by atoms with Crippen molar-refractivity contribution < 1.29 is 4.74 Å². The molecule has 3 rings (SSSR count). The fourth-order valence-electron chi connectivity index (χ4n) is 3.01. The summed E-state index contributed by atoms with van der Waals surface area (Å²) >= 11 is 0. The van der Waals surface area contributed by atoms with E-state index in [0.717, 1.165) is 35.2 Å². The summed E-state index contributed by atoms with van der Waals surface area (Å²) in [6, 6.07) is 10.1. The topological polar surface area (TPSA) is 48.1 Å². The number of nitrogens with zero attached hydrogens (tertiary/aromatic N) is 1. The van der Waals surface area contributed by atoms with E-state index in [9.17, 15) is 0 Å². The van der Waals surface area contributed by atoms with Crippen LogP contribution in [0.25, 0.3) is 16.7 Å². The second-order valence-corrected chi connectivity index (χ2v) is 6.99. The Kier molecular flexibility index (Phi) is 4.12. The highest BCUT2D eigenvalue weighted by Gasteiger charge is 2.22. The minimum absolute atomic E-state index is 0.399. The quantitative estimate of drug-likeness (QED) is 0.818. The smallest absolute Gasteiger partial charge is 0.212 e. The number of pyridine rings is 1. The maximum Gasteiger partial charge on any atom is 0.212 e. The third-order valence-corrected chi connectivity index (χ3v) is 4.65. The number of rotatable bonds is 3. The molecule has 0 amide bonds. The molecule has 0 radical (unpaired) electrons. The number of hydrogen-bond acceptors (Lipinski definition) is 3. The van der Waals surface area contributed by atoms with Gasteiger partial charge in [0.15, 0.2) is 0 Å². The molecule has 0 saturated heterocycles. The lowest BCUT2D eigenvalue weighted by atomic mass is 9.76. The van der Waals surface area contributed by atoms with E-state index in [1.165, 1.54) is 12.0 Å². The summed E-state index contributed by atoms with van der Waals surface area (Å²) < 4.78 is 5.12. The number of allylic oxidation sites excluding steroid dienone is 2. The standard InChI is InChI=1S/C20H24N2O/c1-20(2)10-8-14(9-11-20)17-12-15(4-6-18(17)21)16-5-7-19(23-3)22-13-16/h4-8,12-13H,9-11,21H2,1-3H3. The van der Waals surface area contributed by atoms with Gasteiger partial charge in [-0.25, -0.2) is 4.98 Å². The highest BCUT2D eigenvalue weighted by molar-refractivity contribution is 5.80. The van der Waals surface area contributed by atoms with Gasteiger partial charge in [-0.15, -0.1) is 0 Å². The van der Waals surface area contributed by atoms with E-state index in [1.54, 1.807) is 7.11 Å². The fraction of sp³-hybridized carbons (Fsp3) is 0.350. The van der Waals surface area contributed by atoms with Crippen LogP contribution in [0.4, 0.5) is 5.69 Å². The van der Waals surface area contributed by atoms with Crippen molar-refractivity contribution in [3.05, 3.63) is 48.2 Å². The molecule has 0 atom stereocenters. The highest BCUT2D eigenvalue weighted by atomic mass is 16.5. The lowest BCUT2D eigenvalue weighted by Gasteiger charge is -2.29. The average molecular weight is 308 g/mol. The zero-order valence-corrected chi connectivity index (χ0v) is 14.1. The van der Waals surface area contributed by atoms with Gasteiger partial charge < -0.3 is 10.5 Å². The first-order valence-corrected chi connectivity index (χ1v) is 8.08. The van der Waals surface area contributed by atoms with Gasteiger partial charge in [0.05, 0.1) is 7.11 Å². The fourth-order valence-corrected chi connectivity index (χ4v) is 3.01. The Labute approximate surface area is 138 Å². The van der Waals surface area contributed by atoms with Crippen LogP contribution in [-0.4, -0.2) is 12.1 Å². The molecule has 0 saturated carbocycles. The monoisotopic (exact) mass is 308 g/mol. The van der Waals surface area contributed by atoms with Crippen molar-refractivity contribution in [3.8, 4) is 17.0 Å². The number of methoxy groups -OCH3 is 1. The summed E-state index contributed by atoms with van der Waals surface area (Å²) in [5.41, 5.74) is 12.2. The van der Waals surface area contributed by atoms with Crippen LogP contribution in [0.15, 0.2) is 42.6 Å². The SMILES string of the molecule is COc1ccc(-c2ccc(N)c(C3=CCC(C)(C)CC3)c2)cn1. The number of aromatic nitrogens is 1. The molecule has 2 N–H and O–H groups in total. The molecule has 3 nitrogen and oxygen atoms in total. The number of nitrogen functional groups attached to an aromatic ring is 1. The maximum atomic E-state index is 6.24. The molecule has 0 unspecified atom stereocenters. The van der Waals surface area contributed by atoms with Crippen LogP contribution in [0.5, 0.6) is 5.88 Å². The average Bonchev–Trinajstić information content (AvgIpc) is 2.56. The Morgan fingerprint density at radius 1 is 1.13 bits per heavy atom. The molecule has 2 aromatic rings. The Balaban J connectivity index is 1.94. The van der Waals surface area contributed by atoms with Crippen LogP contribution in [0, 0.1) is 5.41 Å². The predicted octanol–water partition coefficient (Wildman–Crippen LogP) is 4.93. The third-order valence-electron chi connectivity index (χ3n) is 4.65. The van der Waals surface area contributed by atoms with E-state index in [4.69, 9.17) is 10.5 Å². The minimum Gasteiger partial charge on any atom is -0.481 e. The molecular weight excluding hydrogens is 284 g/mol. The van der Waals surface area contributed by atoms with E-state index in [1.807, 2.05) is 24.4 Å². The summed E-state index contributed by atoms with van der Waals surface area (Å²) in [5.74, 6) is 0.627. The lowest BCUT2D eigenvalue weighted by Crippen LogP contribution is -2.14. The number of ether oxygens (including phenoxy) is 1. The summed E-state index contributed by atoms with van der Waals surface area (Å²) in [6.07, 6.45) is 7.59. The molecule has 1 aromatic heterocycles. The van der Waals surface area contributed by atoms with Crippen molar-refractivity contribution in [2.45, 2.75) is 33.1 Å². The van der Waals surface area contributed by atoms with Crippen LogP contribution in [0.3, 0.4) is 0 Å². The number of hydrogen-bond donors (Lipinski definition) is 1. The van der Waals surface area contributed by atoms with E-state index >= 15 is 0 Å². The van der Waals surface area contributed by atoms with Crippen molar-refractivity contribution in [1.82, 2.24) is 4.98 Å².